The molecule has 0 heterocycles. The monoisotopic (exact) mass is 336 g/mol. The fourth-order valence-electron chi connectivity index (χ4n) is 2.41. The molecule has 2 atom stereocenters. The third-order valence-corrected chi connectivity index (χ3v) is 3.94. The number of hydrogen-bond acceptors (Lipinski definition) is 1. The summed E-state index contributed by atoms with van der Waals surface area (Å²) in [6, 6.07) is 0. The van der Waals surface area contributed by atoms with Gasteiger partial charge in [0, 0.05) is 17.3 Å². The number of hydrogen-bond donors (Lipinski definition) is 0. The van der Waals surface area contributed by atoms with E-state index in [4.69, 9.17) is 0 Å². The fourth-order valence-corrected chi connectivity index (χ4v) is 2.98. The molecule has 0 spiro atoms. The minimum atomic E-state index is -0.175. The second-order valence-corrected chi connectivity index (χ2v) is 7.59. The Hall–Kier alpha value is 0.370. The molecule has 86 valence electrons. The van der Waals surface area contributed by atoms with E-state index in [1.165, 1.54) is 0 Å². The number of allylic oxidation sites excluding steroid dienone is 1. The van der Waals surface area contributed by atoms with Gasteiger partial charge in [-0.15, -0.1) is 0 Å². The highest BCUT2D eigenvalue weighted by atomic mass is 79.9. The van der Waals surface area contributed by atoms with Gasteiger partial charge in [0.25, 0.3) is 0 Å². The first-order valence-corrected chi connectivity index (χ1v) is 7.07. The molecule has 1 aliphatic carbocycles. The predicted octanol–water partition coefficient (Wildman–Crippen LogP) is 4.65. The predicted molar refractivity (Wildman–Crippen MR) is 71.2 cm³/mol. The molecule has 3 heteroatoms. The van der Waals surface area contributed by atoms with Gasteiger partial charge >= 0.3 is 0 Å². The van der Waals surface area contributed by atoms with Gasteiger partial charge in [-0.1, -0.05) is 39.7 Å². The van der Waals surface area contributed by atoms with Crippen molar-refractivity contribution in [2.24, 2.45) is 17.3 Å². The van der Waals surface area contributed by atoms with Crippen LogP contribution in [-0.2, 0) is 4.79 Å². The zero-order chi connectivity index (χ0) is 11.6. The fraction of sp³-hybridized carbons (Fsp3) is 0.750. The van der Waals surface area contributed by atoms with E-state index < -0.39 is 0 Å². The number of ketones is 1. The van der Waals surface area contributed by atoms with Crippen LogP contribution >= 0.6 is 31.9 Å². The minimum Gasteiger partial charge on any atom is -0.299 e. The van der Waals surface area contributed by atoms with E-state index in [0.29, 0.717) is 11.7 Å². The van der Waals surface area contributed by atoms with Gasteiger partial charge in [-0.2, -0.15) is 0 Å². The van der Waals surface area contributed by atoms with E-state index in [1.807, 2.05) is 13.8 Å². The second-order valence-electron chi connectivity index (χ2n) is 4.82. The third kappa shape index (κ3) is 2.73. The van der Waals surface area contributed by atoms with Crippen LogP contribution in [0.2, 0.25) is 0 Å². The topological polar surface area (TPSA) is 17.1 Å². The van der Waals surface area contributed by atoms with Gasteiger partial charge in [-0.3, -0.25) is 4.79 Å². The largest absolute Gasteiger partial charge is 0.299 e. The highest BCUT2D eigenvalue weighted by Gasteiger charge is 2.53. The zero-order valence-electron chi connectivity index (χ0n) is 9.52. The van der Waals surface area contributed by atoms with Crippen molar-refractivity contribution in [3.05, 3.63) is 9.47 Å². The van der Waals surface area contributed by atoms with Crippen LogP contribution in [0.3, 0.4) is 0 Å². The average molecular weight is 338 g/mol. The molecule has 1 rings (SSSR count). The molecule has 1 nitrogen and oxygen atoms in total. The van der Waals surface area contributed by atoms with E-state index in [-0.39, 0.29) is 11.3 Å². The van der Waals surface area contributed by atoms with Gasteiger partial charge in [0.1, 0.15) is 5.78 Å². The Labute approximate surface area is 109 Å². The molecule has 0 aromatic carbocycles. The van der Waals surface area contributed by atoms with E-state index in [9.17, 15) is 4.79 Å². The van der Waals surface area contributed by atoms with Gasteiger partial charge < -0.3 is 0 Å². The Kier molecular flexibility index (Phi) is 4.60. The lowest BCUT2D eigenvalue weighted by molar-refractivity contribution is -0.150. The summed E-state index contributed by atoms with van der Waals surface area (Å²) in [6.07, 6.45) is 5.47. The van der Waals surface area contributed by atoms with Crippen LogP contribution < -0.4 is 0 Å². The molecule has 0 saturated heterocycles. The molecule has 0 aliphatic heterocycles. The molecule has 1 saturated carbocycles. The Balaban J connectivity index is 2.72. The molecule has 2 unspecified atom stereocenters. The Morgan fingerprint density at radius 1 is 1.47 bits per heavy atom. The maximum Gasteiger partial charge on any atom is 0.142 e. The second kappa shape index (κ2) is 5.13. The number of halogens is 2. The first-order chi connectivity index (χ1) is 6.91. The number of carbonyl (C=O) groups is 1. The van der Waals surface area contributed by atoms with Crippen molar-refractivity contribution >= 4 is 37.6 Å². The molecule has 0 amide bonds. The summed E-state index contributed by atoms with van der Waals surface area (Å²) >= 11 is 6.77. The molecule has 1 fully saturated rings. The quantitative estimate of drug-likeness (QED) is 0.729. The molecule has 0 aromatic rings. The maximum absolute atomic E-state index is 11.9. The summed E-state index contributed by atoms with van der Waals surface area (Å²) < 4.78 is 0.960. The van der Waals surface area contributed by atoms with Gasteiger partial charge in [0.05, 0.1) is 3.39 Å². The van der Waals surface area contributed by atoms with Crippen molar-refractivity contribution in [3.63, 3.8) is 0 Å². The maximum atomic E-state index is 11.9. The summed E-state index contributed by atoms with van der Waals surface area (Å²) in [4.78, 5) is 11.9. The smallest absolute Gasteiger partial charge is 0.142 e. The standard InChI is InChI=1S/C12H18Br2O/c1-4-5-6-8-9(7-10(13)14)12(2,3)11(8)15/h7-9H,4-6H2,1-3H3. The van der Waals surface area contributed by atoms with Crippen molar-refractivity contribution in [2.75, 3.05) is 0 Å². The number of carbonyl (C=O) groups excluding carboxylic acids is 1. The summed E-state index contributed by atoms with van der Waals surface area (Å²) in [5.74, 6) is 1.05. The van der Waals surface area contributed by atoms with Crippen LogP contribution in [0, 0.1) is 17.3 Å². The van der Waals surface area contributed by atoms with E-state index in [0.717, 1.165) is 22.7 Å². The zero-order valence-corrected chi connectivity index (χ0v) is 12.7. The van der Waals surface area contributed by atoms with Gasteiger partial charge in [0.2, 0.25) is 0 Å². The SMILES string of the molecule is CCCCC1C(=O)C(C)(C)C1C=C(Br)Br. The van der Waals surface area contributed by atoms with E-state index in [2.05, 4.69) is 44.9 Å². The lowest BCUT2D eigenvalue weighted by Crippen LogP contribution is -2.53. The molecule has 0 N–H and O–H groups in total. The van der Waals surface area contributed by atoms with E-state index >= 15 is 0 Å². The summed E-state index contributed by atoms with van der Waals surface area (Å²) in [5.41, 5.74) is -0.175. The summed E-state index contributed by atoms with van der Waals surface area (Å²) in [7, 11) is 0. The van der Waals surface area contributed by atoms with Crippen LogP contribution in [0.5, 0.6) is 0 Å². The molecule has 0 radical (unpaired) electrons. The van der Waals surface area contributed by atoms with Crippen LogP contribution in [0.1, 0.15) is 40.0 Å². The van der Waals surface area contributed by atoms with Crippen molar-refractivity contribution in [2.45, 2.75) is 40.0 Å². The van der Waals surface area contributed by atoms with Crippen molar-refractivity contribution in [1.82, 2.24) is 0 Å². The summed E-state index contributed by atoms with van der Waals surface area (Å²) in [5, 5.41) is 0. The molecule has 1 aliphatic rings. The van der Waals surface area contributed by atoms with Gasteiger partial charge in [-0.25, -0.2) is 0 Å². The number of rotatable bonds is 4. The average Bonchev–Trinajstić information content (AvgIpc) is 2.16. The van der Waals surface area contributed by atoms with Crippen LogP contribution in [0.25, 0.3) is 0 Å². The Morgan fingerprint density at radius 2 is 2.07 bits per heavy atom. The molecule has 0 bridgehead atoms. The van der Waals surface area contributed by atoms with Gasteiger partial charge in [0.15, 0.2) is 0 Å². The molecule has 0 aromatic heterocycles. The lowest BCUT2D eigenvalue weighted by Gasteiger charge is -2.48. The Morgan fingerprint density at radius 3 is 2.53 bits per heavy atom. The number of Topliss-reactive ketones (excluding diaryl/α,β-unsaturated/α-hetero) is 1. The highest BCUT2D eigenvalue weighted by Crippen LogP contribution is 2.51. The third-order valence-electron chi connectivity index (χ3n) is 3.41. The Bertz CT molecular complexity index is 277. The van der Waals surface area contributed by atoms with Gasteiger partial charge in [-0.05, 0) is 38.3 Å². The summed E-state index contributed by atoms with van der Waals surface area (Å²) in [6.45, 7) is 6.25. The van der Waals surface area contributed by atoms with Crippen LogP contribution in [0.4, 0.5) is 0 Å². The van der Waals surface area contributed by atoms with Crippen LogP contribution in [0.15, 0.2) is 9.47 Å². The molecule has 15 heavy (non-hydrogen) atoms. The van der Waals surface area contributed by atoms with Crippen molar-refractivity contribution in [3.8, 4) is 0 Å². The first-order valence-electron chi connectivity index (χ1n) is 5.48. The highest BCUT2D eigenvalue weighted by molar-refractivity contribution is 9.28. The first kappa shape index (κ1) is 13.4. The van der Waals surface area contributed by atoms with Crippen LogP contribution in [-0.4, -0.2) is 5.78 Å². The van der Waals surface area contributed by atoms with E-state index in [1.54, 1.807) is 0 Å². The number of unbranched alkanes of at least 4 members (excludes halogenated alkanes) is 1. The minimum absolute atomic E-state index is 0.175. The van der Waals surface area contributed by atoms with Crippen molar-refractivity contribution in [1.29, 1.82) is 0 Å². The molecular weight excluding hydrogens is 320 g/mol. The molecular formula is C12H18Br2O. The van der Waals surface area contributed by atoms with Crippen molar-refractivity contribution < 1.29 is 4.79 Å². The normalized spacial score (nSPS) is 28.5. The lowest BCUT2D eigenvalue weighted by atomic mass is 9.53.